The fraction of sp³-hybridized carbons (Fsp3) is 0.529. The van der Waals surface area contributed by atoms with E-state index in [9.17, 15) is 9.59 Å². The first-order chi connectivity index (χ1) is 11.1. The fourth-order valence-corrected chi connectivity index (χ4v) is 3.03. The minimum absolute atomic E-state index is 0.126. The van der Waals surface area contributed by atoms with Gasteiger partial charge in [0, 0.05) is 19.5 Å². The van der Waals surface area contributed by atoms with E-state index in [1.807, 2.05) is 0 Å². The summed E-state index contributed by atoms with van der Waals surface area (Å²) in [7, 11) is 3.05. The molecule has 23 heavy (non-hydrogen) atoms. The third-order valence-electron chi connectivity index (χ3n) is 4.21. The number of ether oxygens (including phenoxy) is 2. The van der Waals surface area contributed by atoms with Crippen molar-refractivity contribution < 1.29 is 24.2 Å². The highest BCUT2D eigenvalue weighted by Crippen LogP contribution is 2.31. The number of likely N-dealkylation sites (tertiary alicyclic amines) is 1. The van der Waals surface area contributed by atoms with Crippen LogP contribution in [-0.4, -0.2) is 49.2 Å². The zero-order valence-electron chi connectivity index (χ0n) is 13.6. The summed E-state index contributed by atoms with van der Waals surface area (Å²) in [6, 6.07) is 5.25. The number of nitrogens with zero attached hydrogens (tertiary/aromatic N) is 1. The van der Waals surface area contributed by atoms with Crippen LogP contribution in [0.2, 0.25) is 0 Å². The summed E-state index contributed by atoms with van der Waals surface area (Å²) >= 11 is 0. The number of hydrogen-bond donors (Lipinski definition) is 1. The molecule has 1 saturated heterocycles. The van der Waals surface area contributed by atoms with Crippen LogP contribution in [0.15, 0.2) is 18.2 Å². The average Bonchev–Trinajstić information content (AvgIpc) is 2.58. The molecule has 1 amide bonds. The van der Waals surface area contributed by atoms with Gasteiger partial charge in [-0.3, -0.25) is 9.59 Å². The first kappa shape index (κ1) is 17.1. The van der Waals surface area contributed by atoms with Crippen LogP contribution in [0.4, 0.5) is 0 Å². The number of aliphatic carboxylic acids is 1. The molecule has 1 aliphatic heterocycles. The van der Waals surface area contributed by atoms with Crippen molar-refractivity contribution in [2.75, 3.05) is 27.3 Å². The van der Waals surface area contributed by atoms with Crippen molar-refractivity contribution in [2.24, 2.45) is 5.92 Å². The van der Waals surface area contributed by atoms with Gasteiger partial charge in [-0.1, -0.05) is 6.07 Å². The van der Waals surface area contributed by atoms with Gasteiger partial charge in [-0.2, -0.15) is 0 Å². The van der Waals surface area contributed by atoms with Crippen LogP contribution < -0.4 is 9.47 Å². The van der Waals surface area contributed by atoms with Gasteiger partial charge in [0.25, 0.3) is 5.91 Å². The third kappa shape index (κ3) is 4.15. The molecule has 2 rings (SSSR count). The smallest absolute Gasteiger partial charge is 0.303 e. The molecule has 0 spiro atoms. The molecular formula is C17H23NO5. The Morgan fingerprint density at radius 3 is 2.48 bits per heavy atom. The number of carbonyl (C=O) groups excluding carboxylic acids is 1. The van der Waals surface area contributed by atoms with Crippen molar-refractivity contribution in [3.63, 3.8) is 0 Å². The molecule has 126 valence electrons. The first-order valence-electron chi connectivity index (χ1n) is 7.78. The lowest BCUT2D eigenvalue weighted by Gasteiger charge is -2.33. The topological polar surface area (TPSA) is 76.1 Å². The molecule has 1 N–H and O–H groups in total. The summed E-state index contributed by atoms with van der Waals surface area (Å²) in [5, 5.41) is 8.82. The van der Waals surface area contributed by atoms with Gasteiger partial charge in [-0.15, -0.1) is 0 Å². The molecule has 6 nitrogen and oxygen atoms in total. The lowest BCUT2D eigenvalue weighted by Crippen LogP contribution is -2.40. The van der Waals surface area contributed by atoms with E-state index in [4.69, 9.17) is 14.6 Å². The van der Waals surface area contributed by atoms with Crippen LogP contribution in [0.25, 0.3) is 0 Å². The zero-order valence-corrected chi connectivity index (χ0v) is 13.6. The van der Waals surface area contributed by atoms with Gasteiger partial charge in [-0.05, 0) is 37.3 Å². The number of hydrogen-bond acceptors (Lipinski definition) is 4. The maximum absolute atomic E-state index is 12.9. The molecule has 1 atom stereocenters. The van der Waals surface area contributed by atoms with Gasteiger partial charge in [0.1, 0.15) is 17.1 Å². The predicted octanol–water partition coefficient (Wildman–Crippen LogP) is 2.42. The highest BCUT2D eigenvalue weighted by atomic mass is 16.5. The third-order valence-corrected chi connectivity index (χ3v) is 4.21. The number of amides is 1. The van der Waals surface area contributed by atoms with E-state index >= 15 is 0 Å². The highest BCUT2D eigenvalue weighted by Gasteiger charge is 2.28. The number of carbonyl (C=O) groups is 2. The van der Waals surface area contributed by atoms with Crippen molar-refractivity contribution in [3.05, 3.63) is 23.8 Å². The Balaban J connectivity index is 2.15. The van der Waals surface area contributed by atoms with Gasteiger partial charge in [0.05, 0.1) is 14.2 Å². The fourth-order valence-electron chi connectivity index (χ4n) is 3.03. The first-order valence-corrected chi connectivity index (χ1v) is 7.78. The number of rotatable bonds is 6. The molecule has 1 aromatic rings. The summed E-state index contributed by atoms with van der Waals surface area (Å²) in [6.07, 6.45) is 2.58. The summed E-state index contributed by atoms with van der Waals surface area (Å²) < 4.78 is 10.6. The number of piperidine rings is 1. The standard InChI is InChI=1S/C17H23NO5/c1-22-13-6-3-7-14(23-2)16(13)17(21)18-10-4-5-12(11-18)8-9-15(19)20/h3,6-7,12H,4-5,8-11H2,1-2H3,(H,19,20). The van der Waals surface area contributed by atoms with Gasteiger partial charge in [-0.25, -0.2) is 0 Å². The Hall–Kier alpha value is -2.24. The minimum atomic E-state index is -0.792. The summed E-state index contributed by atoms with van der Waals surface area (Å²) in [4.78, 5) is 25.4. The largest absolute Gasteiger partial charge is 0.496 e. The van der Waals surface area contributed by atoms with Gasteiger partial charge < -0.3 is 19.5 Å². The van der Waals surface area contributed by atoms with Gasteiger partial charge in [0.15, 0.2) is 0 Å². The van der Waals surface area contributed by atoms with Crippen LogP contribution in [-0.2, 0) is 4.79 Å². The molecule has 6 heteroatoms. The van der Waals surface area contributed by atoms with E-state index < -0.39 is 5.97 Å². The SMILES string of the molecule is COc1cccc(OC)c1C(=O)N1CCCC(CCC(=O)O)C1. The predicted molar refractivity (Wildman–Crippen MR) is 85.0 cm³/mol. The van der Waals surface area contributed by atoms with Crippen molar-refractivity contribution in [3.8, 4) is 11.5 Å². The molecule has 0 aliphatic carbocycles. The minimum Gasteiger partial charge on any atom is -0.496 e. The van der Waals surface area contributed by atoms with E-state index in [0.29, 0.717) is 36.6 Å². The number of benzene rings is 1. The molecule has 1 aromatic carbocycles. The number of carboxylic acid groups (broad SMARTS) is 1. The Morgan fingerprint density at radius 1 is 1.26 bits per heavy atom. The second-order valence-corrected chi connectivity index (χ2v) is 5.73. The molecular weight excluding hydrogens is 298 g/mol. The van der Waals surface area contributed by atoms with Gasteiger partial charge in [0.2, 0.25) is 0 Å². The summed E-state index contributed by atoms with van der Waals surface area (Å²) in [5.41, 5.74) is 0.427. The monoisotopic (exact) mass is 321 g/mol. The molecule has 0 aromatic heterocycles. The lowest BCUT2D eigenvalue weighted by molar-refractivity contribution is -0.137. The molecule has 1 heterocycles. The molecule has 0 bridgehead atoms. The van der Waals surface area contributed by atoms with Crippen LogP contribution in [0, 0.1) is 5.92 Å². The summed E-state index contributed by atoms with van der Waals surface area (Å²) in [5.74, 6) is 0.285. The van der Waals surface area contributed by atoms with Crippen LogP contribution >= 0.6 is 0 Å². The normalized spacial score (nSPS) is 17.7. The van der Waals surface area contributed by atoms with Crippen LogP contribution in [0.5, 0.6) is 11.5 Å². The summed E-state index contributed by atoms with van der Waals surface area (Å²) in [6.45, 7) is 1.25. The highest BCUT2D eigenvalue weighted by molar-refractivity contribution is 5.99. The molecule has 1 unspecified atom stereocenters. The molecule has 1 aliphatic rings. The quantitative estimate of drug-likeness (QED) is 0.871. The van der Waals surface area contributed by atoms with Crippen molar-refractivity contribution in [1.29, 1.82) is 0 Å². The Kier molecular flexibility index (Phi) is 5.84. The van der Waals surface area contributed by atoms with E-state index in [-0.39, 0.29) is 18.2 Å². The van der Waals surface area contributed by atoms with Crippen molar-refractivity contribution in [2.45, 2.75) is 25.7 Å². The second-order valence-electron chi connectivity index (χ2n) is 5.73. The van der Waals surface area contributed by atoms with E-state index in [2.05, 4.69) is 0 Å². The van der Waals surface area contributed by atoms with E-state index in [1.165, 1.54) is 14.2 Å². The second kappa shape index (κ2) is 7.85. The molecule has 0 radical (unpaired) electrons. The Labute approximate surface area is 136 Å². The Bertz CT molecular complexity index is 550. The zero-order chi connectivity index (χ0) is 16.8. The number of methoxy groups -OCH3 is 2. The van der Waals surface area contributed by atoms with Crippen molar-refractivity contribution in [1.82, 2.24) is 4.90 Å². The maximum Gasteiger partial charge on any atom is 0.303 e. The molecule has 0 saturated carbocycles. The average molecular weight is 321 g/mol. The van der Waals surface area contributed by atoms with E-state index in [0.717, 1.165) is 12.8 Å². The number of carboxylic acids is 1. The van der Waals surface area contributed by atoms with Gasteiger partial charge >= 0.3 is 5.97 Å². The van der Waals surface area contributed by atoms with Crippen LogP contribution in [0.3, 0.4) is 0 Å². The van der Waals surface area contributed by atoms with Crippen molar-refractivity contribution >= 4 is 11.9 Å². The lowest BCUT2D eigenvalue weighted by atomic mass is 9.93. The van der Waals surface area contributed by atoms with E-state index in [1.54, 1.807) is 23.1 Å². The van der Waals surface area contributed by atoms with Crippen LogP contribution in [0.1, 0.15) is 36.0 Å². The molecule has 1 fully saturated rings. The maximum atomic E-state index is 12.9. The Morgan fingerprint density at radius 2 is 1.91 bits per heavy atom.